The molecule has 3 aliphatic heterocycles. The molecule has 0 radical (unpaired) electrons. The Bertz CT molecular complexity index is 3370. The van der Waals surface area contributed by atoms with Gasteiger partial charge in [0, 0.05) is 112 Å². The summed E-state index contributed by atoms with van der Waals surface area (Å²) in [6, 6.07) is 21.9. The molecule has 4 aliphatic rings. The van der Waals surface area contributed by atoms with Crippen molar-refractivity contribution in [2.24, 2.45) is 13.0 Å². The van der Waals surface area contributed by atoms with Crippen LogP contribution in [0.3, 0.4) is 0 Å². The molecule has 370 valence electrons. The number of nitrogens with zero attached hydrogens (tertiary/aromatic N) is 7. The van der Waals surface area contributed by atoms with Gasteiger partial charge in [-0.05, 0) is 128 Å². The minimum Gasteiger partial charge on any atom is -0.388 e. The van der Waals surface area contributed by atoms with E-state index in [1.807, 2.05) is 49.4 Å². The Kier molecular flexibility index (Phi) is 13.1. The molecule has 72 heavy (non-hydrogen) atoms. The first-order chi connectivity index (χ1) is 34.7. The van der Waals surface area contributed by atoms with Crippen molar-refractivity contribution in [3.63, 3.8) is 0 Å². The van der Waals surface area contributed by atoms with Crippen molar-refractivity contribution in [1.82, 2.24) is 28.9 Å². The topological polar surface area (TPSA) is 147 Å². The van der Waals surface area contributed by atoms with Crippen molar-refractivity contribution in [2.75, 3.05) is 50.5 Å². The van der Waals surface area contributed by atoms with Gasteiger partial charge >= 0.3 is 5.69 Å². The molecule has 10 rings (SSSR count). The van der Waals surface area contributed by atoms with Crippen LogP contribution in [0.4, 0.5) is 15.8 Å². The van der Waals surface area contributed by atoms with Gasteiger partial charge in [0.25, 0.3) is 11.5 Å². The van der Waals surface area contributed by atoms with Crippen molar-refractivity contribution in [1.29, 1.82) is 0 Å². The second-order valence-corrected chi connectivity index (χ2v) is 19.9. The van der Waals surface area contributed by atoms with E-state index in [0.29, 0.717) is 41.9 Å². The number of carbonyl (C=O) groups excluding carboxylic acids is 3. The highest BCUT2D eigenvalue weighted by molar-refractivity contribution is 6.06. The van der Waals surface area contributed by atoms with Crippen LogP contribution in [0.5, 0.6) is 0 Å². The third-order valence-electron chi connectivity index (χ3n) is 15.6. The highest BCUT2D eigenvalue weighted by Crippen LogP contribution is 2.37. The Balaban J connectivity index is 0.765. The highest BCUT2D eigenvalue weighted by atomic mass is 19.1. The van der Waals surface area contributed by atoms with Gasteiger partial charge in [0.2, 0.25) is 11.8 Å². The van der Waals surface area contributed by atoms with Gasteiger partial charge in [0.15, 0.2) is 6.21 Å². The first kappa shape index (κ1) is 48.1. The van der Waals surface area contributed by atoms with E-state index >= 15 is 4.39 Å². The first-order valence-corrected chi connectivity index (χ1v) is 25.0. The maximum atomic E-state index is 16.2. The van der Waals surface area contributed by atoms with Gasteiger partial charge in [0.1, 0.15) is 24.9 Å². The fourth-order valence-corrected chi connectivity index (χ4v) is 11.4. The van der Waals surface area contributed by atoms with E-state index in [1.54, 1.807) is 59.7 Å². The number of carbonyl (C=O) groups is 3. The molecule has 6 heterocycles. The molecular weight excluding hydrogens is 910 g/mol. The Morgan fingerprint density at radius 1 is 0.972 bits per heavy atom. The number of imidazole rings is 1. The maximum absolute atomic E-state index is 16.2. The number of halogens is 1. The molecule has 0 spiro atoms. The highest BCUT2D eigenvalue weighted by Gasteiger charge is 2.33. The Hall–Kier alpha value is -7.52. The summed E-state index contributed by atoms with van der Waals surface area (Å²) in [5.41, 5.74) is 11.2. The number of fused-ring (bicyclic) bond motifs is 2. The average molecular weight is 971 g/mol. The van der Waals surface area contributed by atoms with Crippen LogP contribution in [0.1, 0.15) is 102 Å². The lowest BCUT2D eigenvalue weighted by Gasteiger charge is -2.37. The lowest BCUT2D eigenvalue weighted by atomic mass is 9.82. The number of pyridine rings is 2. The van der Waals surface area contributed by atoms with Gasteiger partial charge in [-0.2, -0.15) is 0 Å². The number of aromatic nitrogens is 4. The molecule has 1 aliphatic carbocycles. The van der Waals surface area contributed by atoms with Gasteiger partial charge in [-0.25, -0.2) is 13.8 Å². The molecule has 2 saturated heterocycles. The molecule has 15 heteroatoms. The zero-order valence-corrected chi connectivity index (χ0v) is 41.7. The second-order valence-electron chi connectivity index (χ2n) is 19.9. The summed E-state index contributed by atoms with van der Waals surface area (Å²) < 4.78 is 23.2. The Labute approximate surface area is 417 Å². The third-order valence-corrected chi connectivity index (χ3v) is 15.6. The number of anilines is 2. The van der Waals surface area contributed by atoms with Gasteiger partial charge in [-0.3, -0.25) is 48.1 Å². The summed E-state index contributed by atoms with van der Waals surface area (Å²) in [5.74, 6) is -0.839. The van der Waals surface area contributed by atoms with E-state index in [9.17, 15) is 24.0 Å². The predicted molar refractivity (Wildman–Crippen MR) is 280 cm³/mol. The van der Waals surface area contributed by atoms with E-state index in [4.69, 9.17) is 4.98 Å². The van der Waals surface area contributed by atoms with Crippen LogP contribution in [0.25, 0.3) is 28.4 Å². The van der Waals surface area contributed by atoms with Crippen molar-refractivity contribution < 1.29 is 23.3 Å². The molecule has 3 aromatic heterocycles. The smallest absolute Gasteiger partial charge is 0.329 e. The van der Waals surface area contributed by atoms with Crippen LogP contribution in [0, 0.1) is 18.7 Å². The molecule has 0 bridgehead atoms. The summed E-state index contributed by atoms with van der Waals surface area (Å²) in [6.45, 7) is 9.42. The zero-order valence-electron chi connectivity index (χ0n) is 41.7. The monoisotopic (exact) mass is 970 g/mol. The third kappa shape index (κ3) is 9.06. The Morgan fingerprint density at radius 3 is 2.44 bits per heavy atom. The number of imide groups is 1. The second kappa shape index (κ2) is 19.6. The molecular formula is C57H61FN9O5+. The molecule has 2 N–H and O–H groups in total. The minimum absolute atomic E-state index is 0.111. The average Bonchev–Trinajstić information content (AvgIpc) is 3.62. The van der Waals surface area contributed by atoms with Gasteiger partial charge < -0.3 is 10.2 Å². The number of hydrogen-bond acceptors (Lipinski definition) is 8. The van der Waals surface area contributed by atoms with Crippen LogP contribution in [-0.2, 0) is 23.1 Å². The number of hydrogen-bond donors (Lipinski definition) is 2. The number of aryl methyl sites for hydroxylation is 2. The predicted octanol–water partition coefficient (Wildman–Crippen LogP) is 7.39. The summed E-state index contributed by atoms with van der Waals surface area (Å²) >= 11 is 0. The van der Waals surface area contributed by atoms with E-state index in [0.717, 1.165) is 89.4 Å². The summed E-state index contributed by atoms with van der Waals surface area (Å²) in [4.78, 5) is 73.3. The number of nitrogens with one attached hydrogen (secondary N) is 2. The van der Waals surface area contributed by atoms with E-state index in [-0.39, 0.29) is 41.4 Å². The largest absolute Gasteiger partial charge is 0.388 e. The van der Waals surface area contributed by atoms with Crippen molar-refractivity contribution in [2.45, 2.75) is 77.3 Å². The molecule has 3 atom stereocenters. The van der Waals surface area contributed by atoms with Gasteiger partial charge in [0.05, 0.1) is 22.4 Å². The van der Waals surface area contributed by atoms with Crippen LogP contribution in [-0.4, -0.2) is 98.4 Å². The zero-order chi connectivity index (χ0) is 50.5. The quantitative estimate of drug-likeness (QED) is 0.107. The number of rotatable bonds is 10. The number of benzene rings is 3. The summed E-state index contributed by atoms with van der Waals surface area (Å²) in [6.07, 6.45) is 13.9. The summed E-state index contributed by atoms with van der Waals surface area (Å²) in [5, 5.41) is 5.40. The van der Waals surface area contributed by atoms with E-state index in [1.165, 1.54) is 21.8 Å². The lowest BCUT2D eigenvalue weighted by molar-refractivity contribution is -0.534. The maximum Gasteiger partial charge on any atom is 0.329 e. The number of piperidine rings is 2. The molecule has 6 aromatic rings. The van der Waals surface area contributed by atoms with Gasteiger partial charge in [-0.15, -0.1) is 0 Å². The van der Waals surface area contributed by atoms with Gasteiger partial charge in [-0.1, -0.05) is 25.1 Å². The standard InChI is InChI=1S/C57H60FN9O5/c1-34-28-47-45(48(15-21-60-47)66-26-20-42(59-4)31-53(66)69)32-44(34)36(3)65-24-18-40(19-25-65)54-35(2)27-41(30-46(54)58)56(71)62(5)43-10-8-38(9-11-43)39-16-22-64(23-17-39)33-37-7-12-49-51(29-37)63(6)57(72)67(49)50-13-14-52(68)61-55(50)70/h7-12,15,18,20-21,26-27,29-34,36,39,50H,13-14,16-17,19,22-25,28H2,1-6H3,(H-,59,61,68,69,70)/p+1/t34?,36-,50?/m0/s1. The normalized spacial score (nSPS) is 19.8. The van der Waals surface area contributed by atoms with Crippen LogP contribution in [0.15, 0.2) is 106 Å². The molecule has 3 aromatic carbocycles. The number of amides is 3. The fraction of sp³-hybridized carbons (Fsp3) is 0.351. The van der Waals surface area contributed by atoms with Crippen LogP contribution in [0.2, 0.25) is 0 Å². The van der Waals surface area contributed by atoms with E-state index in [2.05, 4.69) is 64.5 Å². The fourth-order valence-electron chi connectivity index (χ4n) is 11.4. The molecule has 14 nitrogen and oxygen atoms in total. The van der Waals surface area contributed by atoms with Crippen LogP contribution >= 0.6 is 0 Å². The molecule has 2 fully saturated rings. The van der Waals surface area contributed by atoms with E-state index < -0.39 is 17.8 Å². The summed E-state index contributed by atoms with van der Waals surface area (Å²) in [7, 11) is 5.22. The Morgan fingerprint density at radius 2 is 1.75 bits per heavy atom. The molecule has 0 saturated carbocycles. The lowest BCUT2D eigenvalue weighted by Crippen LogP contribution is -2.44. The minimum atomic E-state index is -0.724. The van der Waals surface area contributed by atoms with Crippen molar-refractivity contribution in [3.8, 4) is 5.69 Å². The SMILES string of the molecule is CNc1ccn(-c2ccnc3c2C=C([C@H](C)N2CC=C(c4c(C)cc(C(=O)N(C)c5ccc(C6CC[N+](=Cc7ccc8c(c7)n(C)c(=O)n8C7CCC(=O)NC7=O)CC6)cc5)cc4F)CC2)C(C)C3)c(=O)c1. The van der Waals surface area contributed by atoms with Crippen molar-refractivity contribution in [3.05, 3.63) is 163 Å². The van der Waals surface area contributed by atoms with Crippen LogP contribution < -0.4 is 26.8 Å². The van der Waals surface area contributed by atoms with Crippen molar-refractivity contribution >= 4 is 58.0 Å². The first-order valence-electron chi connectivity index (χ1n) is 25.0. The molecule has 2 unspecified atom stereocenters. The molecule has 3 amide bonds.